The fraction of sp³-hybridized carbons (Fsp3) is 0.263. The van der Waals surface area contributed by atoms with E-state index in [1.807, 2.05) is 42.5 Å². The molecule has 1 heterocycles. The van der Waals surface area contributed by atoms with Crippen LogP contribution in [0.2, 0.25) is 5.02 Å². The fourth-order valence-corrected chi connectivity index (χ4v) is 3.31. The zero-order valence-electron chi connectivity index (χ0n) is 15.0. The summed E-state index contributed by atoms with van der Waals surface area (Å²) in [5.41, 5.74) is 0.137. The number of aryl methyl sites for hydroxylation is 1. The third-order valence-corrected chi connectivity index (χ3v) is 4.97. The summed E-state index contributed by atoms with van der Waals surface area (Å²) in [5, 5.41) is 12.0. The van der Waals surface area contributed by atoms with Crippen molar-refractivity contribution in [3.05, 3.63) is 58.9 Å². The van der Waals surface area contributed by atoms with Crippen LogP contribution in [0.3, 0.4) is 0 Å². The number of nitrogens with one attached hydrogen (secondary N) is 2. The van der Waals surface area contributed by atoms with E-state index >= 15 is 0 Å². The van der Waals surface area contributed by atoms with Crippen LogP contribution in [0.4, 0.5) is 18.9 Å². The van der Waals surface area contributed by atoms with E-state index in [0.717, 1.165) is 16.5 Å². The highest BCUT2D eigenvalue weighted by Crippen LogP contribution is 2.35. The molecule has 148 valence electrons. The number of aromatic nitrogens is 2. The molecule has 0 aliphatic rings. The van der Waals surface area contributed by atoms with Crippen molar-refractivity contribution in [2.24, 2.45) is 0 Å². The molecular formula is C19H18ClF3N4S. The van der Waals surface area contributed by atoms with E-state index in [1.165, 1.54) is 11.6 Å². The Hall–Kier alpha value is -2.32. The molecule has 0 atom stereocenters. The molecule has 4 nitrogen and oxygen atoms in total. The Morgan fingerprint density at radius 3 is 2.61 bits per heavy atom. The molecule has 1 aromatic heterocycles. The Labute approximate surface area is 170 Å². The number of nitrogens with zero attached hydrogens (tertiary/aromatic N) is 2. The molecule has 0 bridgehead atoms. The standard InChI is InChI=1S/C19H18ClF3N4S/c1-12-16(20)17(19(21,22)23)26-27(12)11-5-10-24-18(28)25-15-9-4-7-13-6-2-3-8-14(13)15/h2-4,6-9H,5,10-11H2,1H3,(H2,24,25,28). The van der Waals surface area contributed by atoms with Crippen molar-refractivity contribution in [2.45, 2.75) is 26.1 Å². The van der Waals surface area contributed by atoms with Crippen molar-refractivity contribution in [3.63, 3.8) is 0 Å². The van der Waals surface area contributed by atoms with Gasteiger partial charge in [-0.1, -0.05) is 48.0 Å². The second-order valence-electron chi connectivity index (χ2n) is 6.23. The molecular weight excluding hydrogens is 409 g/mol. The largest absolute Gasteiger partial charge is 0.436 e. The average molecular weight is 427 g/mol. The first-order chi connectivity index (χ1) is 13.3. The van der Waals surface area contributed by atoms with Crippen LogP contribution in [0, 0.1) is 6.92 Å². The molecule has 0 radical (unpaired) electrons. The van der Waals surface area contributed by atoms with E-state index < -0.39 is 11.9 Å². The Bertz CT molecular complexity index is 995. The topological polar surface area (TPSA) is 41.9 Å². The zero-order valence-corrected chi connectivity index (χ0v) is 16.5. The van der Waals surface area contributed by atoms with Gasteiger partial charge in [-0.05, 0) is 37.0 Å². The Morgan fingerprint density at radius 1 is 1.18 bits per heavy atom. The number of anilines is 1. The average Bonchev–Trinajstić information content (AvgIpc) is 2.94. The molecule has 28 heavy (non-hydrogen) atoms. The minimum atomic E-state index is -4.56. The second kappa shape index (κ2) is 8.36. The first-order valence-corrected chi connectivity index (χ1v) is 9.38. The summed E-state index contributed by atoms with van der Waals surface area (Å²) in [6.45, 7) is 2.30. The summed E-state index contributed by atoms with van der Waals surface area (Å²) in [7, 11) is 0. The van der Waals surface area contributed by atoms with Gasteiger partial charge in [-0.3, -0.25) is 4.68 Å². The van der Waals surface area contributed by atoms with E-state index in [2.05, 4.69) is 15.7 Å². The number of thiocarbonyl (C=S) groups is 1. The minimum absolute atomic E-state index is 0.297. The highest BCUT2D eigenvalue weighted by Gasteiger charge is 2.38. The summed E-state index contributed by atoms with van der Waals surface area (Å²) in [5.74, 6) is 0. The number of rotatable bonds is 5. The van der Waals surface area contributed by atoms with Gasteiger partial charge in [0.15, 0.2) is 10.8 Å². The molecule has 0 saturated carbocycles. The van der Waals surface area contributed by atoms with Crippen molar-refractivity contribution < 1.29 is 13.2 Å². The third kappa shape index (κ3) is 4.56. The monoisotopic (exact) mass is 426 g/mol. The molecule has 0 fully saturated rings. The van der Waals surface area contributed by atoms with Gasteiger partial charge in [0.1, 0.15) is 0 Å². The Morgan fingerprint density at radius 2 is 1.89 bits per heavy atom. The lowest BCUT2D eigenvalue weighted by atomic mass is 10.1. The number of alkyl halides is 3. The minimum Gasteiger partial charge on any atom is -0.362 e. The number of hydrogen-bond donors (Lipinski definition) is 2. The third-order valence-electron chi connectivity index (χ3n) is 4.27. The number of benzene rings is 2. The Balaban J connectivity index is 1.54. The first-order valence-electron chi connectivity index (χ1n) is 8.60. The maximum Gasteiger partial charge on any atom is 0.436 e. The first kappa shape index (κ1) is 20.4. The van der Waals surface area contributed by atoms with Gasteiger partial charge in [-0.15, -0.1) is 0 Å². The van der Waals surface area contributed by atoms with Crippen molar-refractivity contribution in [1.29, 1.82) is 0 Å². The second-order valence-corrected chi connectivity index (χ2v) is 7.02. The van der Waals surface area contributed by atoms with Gasteiger partial charge in [-0.25, -0.2) is 0 Å². The Kier molecular flexibility index (Phi) is 6.10. The van der Waals surface area contributed by atoms with Gasteiger partial charge in [0.2, 0.25) is 0 Å². The predicted octanol–water partition coefficient (Wildman–Crippen LogP) is 5.39. The van der Waals surface area contributed by atoms with Gasteiger partial charge in [0.05, 0.1) is 10.7 Å². The van der Waals surface area contributed by atoms with Crippen LogP contribution in [-0.4, -0.2) is 21.4 Å². The van der Waals surface area contributed by atoms with Crippen molar-refractivity contribution >= 4 is 45.4 Å². The maximum atomic E-state index is 12.9. The van der Waals surface area contributed by atoms with Gasteiger partial charge in [0.25, 0.3) is 0 Å². The van der Waals surface area contributed by atoms with E-state index in [-0.39, 0.29) is 5.02 Å². The van der Waals surface area contributed by atoms with E-state index in [1.54, 1.807) is 0 Å². The van der Waals surface area contributed by atoms with Gasteiger partial charge in [-0.2, -0.15) is 18.3 Å². The van der Waals surface area contributed by atoms with Crippen LogP contribution in [-0.2, 0) is 12.7 Å². The molecule has 0 spiro atoms. The quantitative estimate of drug-likeness (QED) is 0.424. The van der Waals surface area contributed by atoms with Crippen molar-refractivity contribution in [3.8, 4) is 0 Å². The fourth-order valence-electron chi connectivity index (χ4n) is 2.85. The molecule has 3 aromatic rings. The summed E-state index contributed by atoms with van der Waals surface area (Å²) in [4.78, 5) is 0. The van der Waals surface area contributed by atoms with Crippen LogP contribution in [0.25, 0.3) is 10.8 Å². The number of halogens is 4. The molecule has 0 unspecified atom stereocenters. The molecule has 0 aliphatic carbocycles. The lowest BCUT2D eigenvalue weighted by Crippen LogP contribution is -2.30. The molecule has 3 rings (SSSR count). The molecule has 0 aliphatic heterocycles. The number of fused-ring (bicyclic) bond motifs is 1. The maximum absolute atomic E-state index is 12.9. The highest BCUT2D eigenvalue weighted by molar-refractivity contribution is 7.80. The predicted molar refractivity (Wildman–Crippen MR) is 110 cm³/mol. The zero-order chi connectivity index (χ0) is 20.3. The van der Waals surface area contributed by atoms with Crippen molar-refractivity contribution in [2.75, 3.05) is 11.9 Å². The van der Waals surface area contributed by atoms with Crippen molar-refractivity contribution in [1.82, 2.24) is 15.1 Å². The normalized spacial score (nSPS) is 11.6. The molecule has 0 saturated heterocycles. The lowest BCUT2D eigenvalue weighted by molar-refractivity contribution is -0.141. The molecule has 0 amide bonds. The van der Waals surface area contributed by atoms with Crippen LogP contribution >= 0.6 is 23.8 Å². The smallest absolute Gasteiger partial charge is 0.362 e. The summed E-state index contributed by atoms with van der Waals surface area (Å²) in [6.07, 6.45) is -4.03. The highest BCUT2D eigenvalue weighted by atomic mass is 35.5. The van der Waals surface area contributed by atoms with E-state index in [4.69, 9.17) is 23.8 Å². The summed E-state index contributed by atoms with van der Waals surface area (Å²) < 4.78 is 39.8. The molecule has 2 aromatic carbocycles. The van der Waals surface area contributed by atoms with Gasteiger partial charge >= 0.3 is 6.18 Å². The summed E-state index contributed by atoms with van der Waals surface area (Å²) >= 11 is 11.1. The molecule has 2 N–H and O–H groups in total. The lowest BCUT2D eigenvalue weighted by Gasteiger charge is -2.13. The van der Waals surface area contributed by atoms with Crippen LogP contribution in [0.15, 0.2) is 42.5 Å². The van der Waals surface area contributed by atoms with Crippen LogP contribution in [0.5, 0.6) is 0 Å². The SMILES string of the molecule is Cc1c(Cl)c(C(F)(F)F)nn1CCCNC(=S)Nc1cccc2ccccc12. The van der Waals surface area contributed by atoms with E-state index in [0.29, 0.717) is 30.3 Å². The summed E-state index contributed by atoms with van der Waals surface area (Å²) in [6, 6.07) is 13.8. The van der Waals surface area contributed by atoms with Crippen LogP contribution in [0.1, 0.15) is 17.8 Å². The van der Waals surface area contributed by atoms with Crippen LogP contribution < -0.4 is 10.6 Å². The molecule has 9 heteroatoms. The van der Waals surface area contributed by atoms with Gasteiger partial charge < -0.3 is 10.6 Å². The number of hydrogen-bond acceptors (Lipinski definition) is 2. The van der Waals surface area contributed by atoms with Gasteiger partial charge in [0, 0.05) is 24.2 Å². The van der Waals surface area contributed by atoms with E-state index in [9.17, 15) is 13.2 Å².